The van der Waals surface area contributed by atoms with Gasteiger partial charge in [-0.05, 0) is 55.4 Å². The van der Waals surface area contributed by atoms with E-state index in [1.165, 1.54) is 4.31 Å². The first-order valence-corrected chi connectivity index (χ1v) is 10.9. The second kappa shape index (κ2) is 9.30. The largest absolute Gasteiger partial charge is 0.356 e. The zero-order valence-corrected chi connectivity index (χ0v) is 17.8. The van der Waals surface area contributed by atoms with Crippen LogP contribution in [0.3, 0.4) is 0 Å². The number of anilines is 1. The van der Waals surface area contributed by atoms with Crippen LogP contribution in [-0.2, 0) is 10.0 Å². The summed E-state index contributed by atoms with van der Waals surface area (Å²) >= 11 is 5.40. The zero-order chi connectivity index (χ0) is 20.0. The van der Waals surface area contributed by atoms with Gasteiger partial charge in [0.25, 0.3) is 0 Å². The highest BCUT2D eigenvalue weighted by Crippen LogP contribution is 2.20. The third kappa shape index (κ3) is 5.28. The van der Waals surface area contributed by atoms with E-state index in [1.54, 1.807) is 12.1 Å². The van der Waals surface area contributed by atoms with Crippen molar-refractivity contribution in [3.63, 3.8) is 0 Å². The Morgan fingerprint density at radius 1 is 1.07 bits per heavy atom. The minimum absolute atomic E-state index is 0.0563. The lowest BCUT2D eigenvalue weighted by Gasteiger charge is -2.20. The van der Waals surface area contributed by atoms with Gasteiger partial charge < -0.3 is 10.6 Å². The molecule has 1 atom stereocenters. The molecule has 5 nitrogen and oxygen atoms in total. The smallest absolute Gasteiger partial charge is 0.243 e. The summed E-state index contributed by atoms with van der Waals surface area (Å²) in [4.78, 5) is 0.308. The van der Waals surface area contributed by atoms with Crippen molar-refractivity contribution in [1.29, 1.82) is 0 Å². The van der Waals surface area contributed by atoms with E-state index in [0.717, 1.165) is 16.8 Å². The predicted molar refractivity (Wildman–Crippen MR) is 115 cm³/mol. The summed E-state index contributed by atoms with van der Waals surface area (Å²) in [6.45, 7) is 8.59. The Kier molecular flexibility index (Phi) is 7.35. The normalized spacial score (nSPS) is 12.6. The van der Waals surface area contributed by atoms with Crippen LogP contribution in [0.5, 0.6) is 0 Å². The molecule has 2 aromatic rings. The summed E-state index contributed by atoms with van der Waals surface area (Å²) in [5, 5.41) is 6.95. The molecular formula is C20H27N3O2S2. The summed E-state index contributed by atoms with van der Waals surface area (Å²) in [5.41, 5.74) is 3.03. The second-order valence-electron chi connectivity index (χ2n) is 6.29. The number of hydrogen-bond donors (Lipinski definition) is 2. The molecule has 27 heavy (non-hydrogen) atoms. The predicted octanol–water partition coefficient (Wildman–Crippen LogP) is 4.07. The highest BCUT2D eigenvalue weighted by Gasteiger charge is 2.21. The maximum Gasteiger partial charge on any atom is 0.243 e. The van der Waals surface area contributed by atoms with Gasteiger partial charge in [0, 0.05) is 18.8 Å². The van der Waals surface area contributed by atoms with Crippen LogP contribution in [0, 0.1) is 6.92 Å². The third-order valence-corrected chi connectivity index (χ3v) is 6.75. The molecule has 0 bridgehead atoms. The van der Waals surface area contributed by atoms with Gasteiger partial charge >= 0.3 is 0 Å². The van der Waals surface area contributed by atoms with Crippen LogP contribution in [0.15, 0.2) is 53.4 Å². The molecule has 0 aliphatic heterocycles. The molecule has 0 aliphatic carbocycles. The van der Waals surface area contributed by atoms with Crippen molar-refractivity contribution in [2.45, 2.75) is 38.6 Å². The number of nitrogens with one attached hydrogen (secondary N) is 2. The standard InChI is InChI=1S/C20H27N3O2S2/c1-5-23(6-2)27(24,25)18-13-11-17(12-14-18)16(4)21-20(26)22-19-10-8-7-9-15(19)3/h7-14,16H,5-6H2,1-4H3,(H2,21,22,26)/t16-/m1/s1. The Hall–Kier alpha value is -1.96. The van der Waals surface area contributed by atoms with Crippen LogP contribution < -0.4 is 10.6 Å². The minimum Gasteiger partial charge on any atom is -0.356 e. The number of sulfonamides is 1. The van der Waals surface area contributed by atoms with Crippen molar-refractivity contribution in [1.82, 2.24) is 9.62 Å². The van der Waals surface area contributed by atoms with E-state index in [1.807, 2.05) is 64.1 Å². The van der Waals surface area contributed by atoms with E-state index >= 15 is 0 Å². The molecule has 0 saturated heterocycles. The molecule has 2 rings (SSSR count). The van der Waals surface area contributed by atoms with Gasteiger partial charge in [-0.25, -0.2) is 8.42 Å². The van der Waals surface area contributed by atoms with E-state index in [-0.39, 0.29) is 6.04 Å². The van der Waals surface area contributed by atoms with Crippen LogP contribution >= 0.6 is 12.2 Å². The molecule has 0 aliphatic rings. The molecule has 0 radical (unpaired) electrons. The van der Waals surface area contributed by atoms with Crippen molar-refractivity contribution in [2.75, 3.05) is 18.4 Å². The van der Waals surface area contributed by atoms with Gasteiger partial charge in [-0.3, -0.25) is 0 Å². The first-order valence-electron chi connectivity index (χ1n) is 9.02. The topological polar surface area (TPSA) is 61.4 Å². The lowest BCUT2D eigenvalue weighted by atomic mass is 10.1. The Bertz CT molecular complexity index is 876. The molecule has 0 unspecified atom stereocenters. The number of rotatable bonds is 7. The minimum atomic E-state index is -3.44. The Balaban J connectivity index is 2.06. The van der Waals surface area contributed by atoms with Gasteiger partial charge in [0.15, 0.2) is 5.11 Å². The van der Waals surface area contributed by atoms with E-state index in [9.17, 15) is 8.42 Å². The Morgan fingerprint density at radius 3 is 2.22 bits per heavy atom. The molecule has 0 spiro atoms. The Morgan fingerprint density at radius 2 is 1.67 bits per heavy atom. The van der Waals surface area contributed by atoms with Gasteiger partial charge in [0.1, 0.15) is 0 Å². The van der Waals surface area contributed by atoms with E-state index < -0.39 is 10.0 Å². The summed E-state index contributed by atoms with van der Waals surface area (Å²) < 4.78 is 26.6. The lowest BCUT2D eigenvalue weighted by Crippen LogP contribution is -2.31. The number of benzene rings is 2. The fourth-order valence-electron chi connectivity index (χ4n) is 2.79. The summed E-state index contributed by atoms with van der Waals surface area (Å²) in [6.07, 6.45) is 0. The van der Waals surface area contributed by atoms with Crippen LogP contribution in [0.1, 0.15) is 37.9 Å². The fraction of sp³-hybridized carbons (Fsp3) is 0.350. The average molecular weight is 406 g/mol. The fourth-order valence-corrected chi connectivity index (χ4v) is 4.54. The van der Waals surface area contributed by atoms with Crippen molar-refractivity contribution < 1.29 is 8.42 Å². The third-order valence-electron chi connectivity index (χ3n) is 4.46. The first kappa shape index (κ1) is 21.3. The van der Waals surface area contributed by atoms with Crippen molar-refractivity contribution in [3.8, 4) is 0 Å². The van der Waals surface area contributed by atoms with Crippen LogP contribution in [0.25, 0.3) is 0 Å². The first-order chi connectivity index (χ1) is 12.8. The zero-order valence-electron chi connectivity index (χ0n) is 16.2. The van der Waals surface area contributed by atoms with Gasteiger partial charge in [-0.15, -0.1) is 0 Å². The lowest BCUT2D eigenvalue weighted by molar-refractivity contribution is 0.445. The molecule has 0 aromatic heterocycles. The second-order valence-corrected chi connectivity index (χ2v) is 8.64. The summed E-state index contributed by atoms with van der Waals surface area (Å²) in [7, 11) is -3.44. The highest BCUT2D eigenvalue weighted by molar-refractivity contribution is 7.89. The van der Waals surface area contributed by atoms with E-state index in [2.05, 4.69) is 10.6 Å². The number of nitrogens with zero attached hydrogens (tertiary/aromatic N) is 1. The molecule has 0 amide bonds. The summed E-state index contributed by atoms with van der Waals surface area (Å²) in [6, 6.07) is 14.8. The molecule has 7 heteroatoms. The van der Waals surface area contributed by atoms with Gasteiger partial charge in [-0.2, -0.15) is 4.31 Å². The molecular weight excluding hydrogens is 378 g/mol. The molecule has 146 valence electrons. The SMILES string of the molecule is CCN(CC)S(=O)(=O)c1ccc([C@@H](C)NC(=S)Nc2ccccc2C)cc1. The monoisotopic (exact) mass is 405 g/mol. The maximum atomic E-state index is 12.6. The number of para-hydroxylation sites is 1. The number of thiocarbonyl (C=S) groups is 1. The highest BCUT2D eigenvalue weighted by atomic mass is 32.2. The van der Waals surface area contributed by atoms with Crippen molar-refractivity contribution in [3.05, 3.63) is 59.7 Å². The van der Waals surface area contributed by atoms with Crippen molar-refractivity contribution in [2.24, 2.45) is 0 Å². The maximum absolute atomic E-state index is 12.6. The number of aryl methyl sites for hydroxylation is 1. The van der Waals surface area contributed by atoms with E-state index in [0.29, 0.717) is 23.1 Å². The number of hydrogen-bond acceptors (Lipinski definition) is 3. The van der Waals surface area contributed by atoms with Crippen LogP contribution in [0.4, 0.5) is 5.69 Å². The van der Waals surface area contributed by atoms with Crippen LogP contribution in [-0.4, -0.2) is 30.9 Å². The quantitative estimate of drug-likeness (QED) is 0.680. The van der Waals surface area contributed by atoms with Gasteiger partial charge in [-0.1, -0.05) is 44.2 Å². The molecule has 0 heterocycles. The molecule has 2 N–H and O–H groups in total. The Labute approximate surface area is 167 Å². The van der Waals surface area contributed by atoms with Crippen LogP contribution in [0.2, 0.25) is 0 Å². The summed E-state index contributed by atoms with van der Waals surface area (Å²) in [5.74, 6) is 0. The average Bonchev–Trinajstić information content (AvgIpc) is 2.64. The van der Waals surface area contributed by atoms with E-state index in [4.69, 9.17) is 12.2 Å². The van der Waals surface area contributed by atoms with Gasteiger partial charge in [0.2, 0.25) is 10.0 Å². The molecule has 0 saturated carbocycles. The molecule has 2 aromatic carbocycles. The van der Waals surface area contributed by atoms with Crippen molar-refractivity contribution >= 4 is 33.0 Å². The molecule has 0 fully saturated rings. The van der Waals surface area contributed by atoms with Gasteiger partial charge in [0.05, 0.1) is 10.9 Å².